The zero-order valence-corrected chi connectivity index (χ0v) is 16.6. The topological polar surface area (TPSA) is 55.9 Å². The molecule has 0 aromatic heterocycles. The van der Waals surface area contributed by atoms with Crippen LogP contribution < -0.4 is 10.2 Å². The number of carbonyl (C=O) groups excluding carboxylic acids is 2. The number of piperazine rings is 1. The van der Waals surface area contributed by atoms with Gasteiger partial charge in [0.2, 0.25) is 0 Å². The fourth-order valence-corrected chi connectivity index (χ4v) is 4.72. The van der Waals surface area contributed by atoms with Gasteiger partial charge in [-0.1, -0.05) is 36.9 Å². The van der Waals surface area contributed by atoms with Gasteiger partial charge in [-0.25, -0.2) is 9.69 Å². The molecular formula is C20H27ClN4O2. The Bertz CT molecular complexity index is 739. The molecule has 1 aromatic carbocycles. The molecule has 1 aliphatic carbocycles. The van der Waals surface area contributed by atoms with Crippen LogP contribution in [-0.2, 0) is 4.79 Å². The highest BCUT2D eigenvalue weighted by Crippen LogP contribution is 2.34. The highest BCUT2D eigenvalue weighted by atomic mass is 35.5. The minimum absolute atomic E-state index is 0.0275. The van der Waals surface area contributed by atoms with Crippen molar-refractivity contribution in [2.75, 3.05) is 37.7 Å². The fraction of sp³-hybridized carbons (Fsp3) is 0.600. The van der Waals surface area contributed by atoms with Gasteiger partial charge in [0.25, 0.3) is 5.91 Å². The van der Waals surface area contributed by atoms with Gasteiger partial charge in [0.05, 0.1) is 6.67 Å². The SMILES string of the molecule is Cc1ccc(Cl)cc1N1CCN(CN2C(=O)NC3(CCCCC3)C2=O)CC1. The Labute approximate surface area is 165 Å². The van der Waals surface area contributed by atoms with Crippen molar-refractivity contribution in [1.82, 2.24) is 15.1 Å². The van der Waals surface area contributed by atoms with Crippen molar-refractivity contribution >= 4 is 29.2 Å². The molecule has 1 spiro atoms. The average Bonchev–Trinajstić information content (AvgIpc) is 2.89. The second kappa shape index (κ2) is 7.32. The molecule has 3 fully saturated rings. The number of imide groups is 1. The highest BCUT2D eigenvalue weighted by molar-refractivity contribution is 6.30. The third kappa shape index (κ3) is 3.52. The summed E-state index contributed by atoms with van der Waals surface area (Å²) in [6.07, 6.45) is 4.72. The first-order chi connectivity index (χ1) is 13.0. The van der Waals surface area contributed by atoms with Crippen LogP contribution in [-0.4, -0.2) is 60.1 Å². The van der Waals surface area contributed by atoms with Crippen LogP contribution in [0.25, 0.3) is 0 Å². The number of amides is 3. The van der Waals surface area contributed by atoms with E-state index >= 15 is 0 Å². The first kappa shape index (κ1) is 18.6. The van der Waals surface area contributed by atoms with E-state index in [0.29, 0.717) is 6.67 Å². The van der Waals surface area contributed by atoms with E-state index in [2.05, 4.69) is 22.0 Å². The van der Waals surface area contributed by atoms with Gasteiger partial charge in [-0.15, -0.1) is 0 Å². The summed E-state index contributed by atoms with van der Waals surface area (Å²) in [6, 6.07) is 5.74. The van der Waals surface area contributed by atoms with Gasteiger partial charge >= 0.3 is 6.03 Å². The number of nitrogens with one attached hydrogen (secondary N) is 1. The molecule has 3 aliphatic rings. The predicted octanol–water partition coefficient (Wildman–Crippen LogP) is 2.98. The molecule has 2 aliphatic heterocycles. The van der Waals surface area contributed by atoms with Crippen LogP contribution in [0.5, 0.6) is 0 Å². The van der Waals surface area contributed by atoms with Crippen LogP contribution in [0.15, 0.2) is 18.2 Å². The molecule has 1 saturated carbocycles. The maximum atomic E-state index is 12.9. The van der Waals surface area contributed by atoms with Crippen molar-refractivity contribution in [3.05, 3.63) is 28.8 Å². The van der Waals surface area contributed by atoms with Crippen molar-refractivity contribution in [2.45, 2.75) is 44.6 Å². The summed E-state index contributed by atoms with van der Waals surface area (Å²) in [7, 11) is 0. The van der Waals surface area contributed by atoms with E-state index in [4.69, 9.17) is 11.6 Å². The van der Waals surface area contributed by atoms with E-state index in [9.17, 15) is 9.59 Å². The number of carbonyl (C=O) groups is 2. The summed E-state index contributed by atoms with van der Waals surface area (Å²) in [5, 5.41) is 3.74. The number of anilines is 1. The molecule has 146 valence electrons. The molecule has 2 heterocycles. The molecule has 1 N–H and O–H groups in total. The van der Waals surface area contributed by atoms with Crippen LogP contribution in [0.4, 0.5) is 10.5 Å². The molecule has 1 aromatic rings. The highest BCUT2D eigenvalue weighted by Gasteiger charge is 2.51. The molecule has 27 heavy (non-hydrogen) atoms. The van der Waals surface area contributed by atoms with Gasteiger partial charge < -0.3 is 10.2 Å². The number of hydrogen-bond donors (Lipinski definition) is 1. The first-order valence-electron chi connectivity index (χ1n) is 9.86. The van der Waals surface area contributed by atoms with Crippen molar-refractivity contribution in [3.63, 3.8) is 0 Å². The number of hydrogen-bond acceptors (Lipinski definition) is 4. The predicted molar refractivity (Wildman–Crippen MR) is 106 cm³/mol. The van der Waals surface area contributed by atoms with E-state index < -0.39 is 5.54 Å². The number of aryl methyl sites for hydroxylation is 1. The Morgan fingerprint density at radius 1 is 1.07 bits per heavy atom. The first-order valence-corrected chi connectivity index (χ1v) is 10.2. The quantitative estimate of drug-likeness (QED) is 0.806. The molecule has 0 unspecified atom stereocenters. The van der Waals surface area contributed by atoms with Gasteiger partial charge in [0, 0.05) is 36.9 Å². The normalized spacial score (nSPS) is 23.2. The Balaban J connectivity index is 1.37. The van der Waals surface area contributed by atoms with Crippen LogP contribution in [0.3, 0.4) is 0 Å². The van der Waals surface area contributed by atoms with E-state index in [1.807, 2.05) is 18.2 Å². The van der Waals surface area contributed by atoms with E-state index in [-0.39, 0.29) is 11.9 Å². The van der Waals surface area contributed by atoms with Crippen LogP contribution >= 0.6 is 11.6 Å². The van der Waals surface area contributed by atoms with Gasteiger partial charge in [-0.05, 0) is 37.5 Å². The van der Waals surface area contributed by atoms with Crippen molar-refractivity contribution in [2.24, 2.45) is 0 Å². The molecule has 0 radical (unpaired) electrons. The van der Waals surface area contributed by atoms with Gasteiger partial charge in [0.1, 0.15) is 5.54 Å². The number of nitrogens with zero attached hydrogens (tertiary/aromatic N) is 3. The lowest BCUT2D eigenvalue weighted by Crippen LogP contribution is -2.52. The minimum Gasteiger partial charge on any atom is -0.369 e. The van der Waals surface area contributed by atoms with Crippen molar-refractivity contribution in [3.8, 4) is 0 Å². The van der Waals surface area contributed by atoms with Crippen molar-refractivity contribution < 1.29 is 9.59 Å². The molecule has 0 atom stereocenters. The molecule has 4 rings (SSSR count). The van der Waals surface area contributed by atoms with Gasteiger partial charge in [-0.2, -0.15) is 0 Å². The maximum absolute atomic E-state index is 12.9. The number of halogens is 1. The Morgan fingerprint density at radius 2 is 1.78 bits per heavy atom. The maximum Gasteiger partial charge on any atom is 0.326 e. The molecule has 6 nitrogen and oxygen atoms in total. The van der Waals surface area contributed by atoms with Crippen LogP contribution in [0.2, 0.25) is 5.02 Å². The van der Waals surface area contributed by atoms with Crippen molar-refractivity contribution in [1.29, 1.82) is 0 Å². The molecule has 7 heteroatoms. The number of urea groups is 1. The summed E-state index contributed by atoms with van der Waals surface area (Å²) in [5.74, 6) is -0.0275. The minimum atomic E-state index is -0.630. The zero-order chi connectivity index (χ0) is 19.0. The number of rotatable bonds is 3. The lowest BCUT2D eigenvalue weighted by Gasteiger charge is -2.38. The summed E-state index contributed by atoms with van der Waals surface area (Å²) in [4.78, 5) is 31.3. The second-order valence-electron chi connectivity index (χ2n) is 7.98. The summed E-state index contributed by atoms with van der Waals surface area (Å²) >= 11 is 6.16. The fourth-order valence-electron chi connectivity index (χ4n) is 4.55. The lowest BCUT2D eigenvalue weighted by molar-refractivity contribution is -0.133. The molecule has 3 amide bonds. The van der Waals surface area contributed by atoms with E-state index in [1.165, 1.54) is 16.2 Å². The Morgan fingerprint density at radius 3 is 2.48 bits per heavy atom. The van der Waals surface area contributed by atoms with Gasteiger partial charge in [0.15, 0.2) is 0 Å². The molecular weight excluding hydrogens is 364 g/mol. The monoisotopic (exact) mass is 390 g/mol. The number of benzene rings is 1. The average molecular weight is 391 g/mol. The second-order valence-corrected chi connectivity index (χ2v) is 8.42. The standard InChI is InChI=1S/C20H27ClN4O2/c1-15-5-6-16(21)13-17(15)24-11-9-23(10-12-24)14-25-18(26)20(22-19(25)27)7-3-2-4-8-20/h5-6,13H,2-4,7-12,14H2,1H3,(H,22,27). The third-order valence-electron chi connectivity index (χ3n) is 6.18. The summed E-state index contributed by atoms with van der Waals surface area (Å²) < 4.78 is 0. The Kier molecular flexibility index (Phi) is 5.03. The molecule has 0 bridgehead atoms. The Hall–Kier alpha value is -1.79. The van der Waals surface area contributed by atoms with E-state index in [0.717, 1.165) is 63.3 Å². The smallest absolute Gasteiger partial charge is 0.326 e. The van der Waals surface area contributed by atoms with Crippen LogP contribution in [0, 0.1) is 6.92 Å². The summed E-state index contributed by atoms with van der Waals surface area (Å²) in [6.45, 7) is 5.82. The lowest BCUT2D eigenvalue weighted by atomic mass is 9.82. The zero-order valence-electron chi connectivity index (χ0n) is 15.8. The van der Waals surface area contributed by atoms with E-state index in [1.54, 1.807) is 0 Å². The summed E-state index contributed by atoms with van der Waals surface area (Å²) in [5.41, 5.74) is 1.74. The largest absolute Gasteiger partial charge is 0.369 e. The van der Waals surface area contributed by atoms with Gasteiger partial charge in [-0.3, -0.25) is 9.69 Å². The molecule has 2 saturated heterocycles. The van der Waals surface area contributed by atoms with Crippen LogP contribution in [0.1, 0.15) is 37.7 Å². The third-order valence-corrected chi connectivity index (χ3v) is 6.41.